The second-order valence-corrected chi connectivity index (χ2v) is 7.52. The number of para-hydroxylation sites is 1. The van der Waals surface area contributed by atoms with Gasteiger partial charge in [-0.1, -0.05) is 12.1 Å². The molecule has 1 atom stereocenters. The van der Waals surface area contributed by atoms with Crippen LogP contribution in [0.5, 0.6) is 17.2 Å². The van der Waals surface area contributed by atoms with Crippen molar-refractivity contribution >= 4 is 17.3 Å². The van der Waals surface area contributed by atoms with E-state index < -0.39 is 5.82 Å². The van der Waals surface area contributed by atoms with Crippen LogP contribution in [0, 0.1) is 5.82 Å². The van der Waals surface area contributed by atoms with Crippen molar-refractivity contribution in [3.63, 3.8) is 0 Å². The van der Waals surface area contributed by atoms with E-state index in [2.05, 4.69) is 27.9 Å². The van der Waals surface area contributed by atoms with Crippen LogP contribution < -0.4 is 19.3 Å². The predicted molar refractivity (Wildman–Crippen MR) is 115 cm³/mol. The molecule has 0 bridgehead atoms. The number of anilines is 3. The number of fused-ring (bicyclic) bond motifs is 1. The van der Waals surface area contributed by atoms with Gasteiger partial charge in [0.05, 0.1) is 37.8 Å². The lowest BCUT2D eigenvalue weighted by Crippen LogP contribution is -2.43. The summed E-state index contributed by atoms with van der Waals surface area (Å²) >= 11 is 0. The summed E-state index contributed by atoms with van der Waals surface area (Å²) in [7, 11) is 0. The Morgan fingerprint density at radius 3 is 2.71 bits per heavy atom. The van der Waals surface area contributed by atoms with Gasteiger partial charge in [0.25, 0.3) is 0 Å². The van der Waals surface area contributed by atoms with E-state index in [1.165, 1.54) is 6.07 Å². The fraction of sp³-hybridized carbons (Fsp3) is 0.304. The molecule has 1 fully saturated rings. The van der Waals surface area contributed by atoms with Crippen LogP contribution in [0.25, 0.3) is 0 Å². The first-order valence-corrected chi connectivity index (χ1v) is 10.3. The monoisotopic (exact) mass is 422 g/mol. The Balaban J connectivity index is 1.33. The van der Waals surface area contributed by atoms with Crippen molar-refractivity contribution < 1.29 is 18.6 Å². The molecule has 0 unspecified atom stereocenters. The van der Waals surface area contributed by atoms with Gasteiger partial charge in [-0.3, -0.25) is 0 Å². The smallest absolute Gasteiger partial charge is 0.230 e. The summed E-state index contributed by atoms with van der Waals surface area (Å²) < 4.78 is 31.0. The molecule has 5 rings (SSSR count). The number of hydrogen-bond donors (Lipinski definition) is 0. The third kappa shape index (κ3) is 3.98. The van der Waals surface area contributed by atoms with Gasteiger partial charge in [-0.2, -0.15) is 0 Å². The van der Waals surface area contributed by atoms with E-state index in [9.17, 15) is 4.39 Å². The van der Waals surface area contributed by atoms with Crippen LogP contribution in [0.2, 0.25) is 0 Å². The summed E-state index contributed by atoms with van der Waals surface area (Å²) in [4.78, 5) is 13.0. The van der Waals surface area contributed by atoms with Gasteiger partial charge in [0.2, 0.25) is 5.95 Å². The molecular formula is C23H23FN4O3. The van der Waals surface area contributed by atoms with Crippen LogP contribution in [0.3, 0.4) is 0 Å². The second kappa shape index (κ2) is 8.39. The van der Waals surface area contributed by atoms with E-state index in [1.807, 2.05) is 23.1 Å². The molecule has 2 aromatic carbocycles. The molecule has 0 saturated carbocycles. The Morgan fingerprint density at radius 2 is 1.87 bits per heavy atom. The van der Waals surface area contributed by atoms with E-state index in [0.717, 1.165) is 25.4 Å². The maximum atomic E-state index is 14.0. The summed E-state index contributed by atoms with van der Waals surface area (Å²) in [6.07, 6.45) is 3.25. The Hall–Kier alpha value is -3.39. The molecule has 0 aliphatic carbocycles. The average Bonchev–Trinajstić information content (AvgIpc) is 2.80. The van der Waals surface area contributed by atoms with Gasteiger partial charge in [0.15, 0.2) is 17.3 Å². The van der Waals surface area contributed by atoms with E-state index in [0.29, 0.717) is 42.3 Å². The number of aromatic nitrogens is 2. The van der Waals surface area contributed by atoms with E-state index in [-0.39, 0.29) is 5.75 Å². The highest BCUT2D eigenvalue weighted by Gasteiger charge is 2.24. The van der Waals surface area contributed by atoms with Crippen molar-refractivity contribution in [3.8, 4) is 17.2 Å². The SMILES string of the molecule is C[C@H]1COCCN1c1cccc(Oc2cnc(N3CCOc4c(F)cccc43)nc2)c1. The summed E-state index contributed by atoms with van der Waals surface area (Å²) in [5.41, 5.74) is 1.71. The number of rotatable bonds is 4. The molecule has 1 aromatic heterocycles. The molecule has 0 spiro atoms. The van der Waals surface area contributed by atoms with Gasteiger partial charge in [0.1, 0.15) is 12.4 Å². The van der Waals surface area contributed by atoms with Gasteiger partial charge < -0.3 is 24.0 Å². The molecular weight excluding hydrogens is 399 g/mol. The molecule has 7 nitrogen and oxygen atoms in total. The van der Waals surface area contributed by atoms with Crippen LogP contribution in [-0.4, -0.2) is 48.9 Å². The van der Waals surface area contributed by atoms with Gasteiger partial charge in [0, 0.05) is 24.3 Å². The minimum absolute atomic E-state index is 0.229. The van der Waals surface area contributed by atoms with Gasteiger partial charge in [-0.25, -0.2) is 14.4 Å². The van der Waals surface area contributed by atoms with Crippen molar-refractivity contribution in [2.45, 2.75) is 13.0 Å². The van der Waals surface area contributed by atoms with Crippen LogP contribution in [0.1, 0.15) is 6.92 Å². The highest BCUT2D eigenvalue weighted by atomic mass is 19.1. The number of nitrogens with zero attached hydrogens (tertiary/aromatic N) is 4. The fourth-order valence-electron chi connectivity index (χ4n) is 3.89. The zero-order chi connectivity index (χ0) is 21.2. The van der Waals surface area contributed by atoms with Crippen LogP contribution in [0.4, 0.5) is 21.7 Å². The van der Waals surface area contributed by atoms with Crippen LogP contribution in [-0.2, 0) is 4.74 Å². The number of morpholine rings is 1. The molecule has 160 valence electrons. The zero-order valence-electron chi connectivity index (χ0n) is 17.2. The minimum atomic E-state index is -0.392. The minimum Gasteiger partial charge on any atom is -0.486 e. The quantitative estimate of drug-likeness (QED) is 0.626. The van der Waals surface area contributed by atoms with Gasteiger partial charge >= 0.3 is 0 Å². The lowest BCUT2D eigenvalue weighted by Gasteiger charge is -2.35. The number of halogens is 1. The van der Waals surface area contributed by atoms with E-state index in [1.54, 1.807) is 24.5 Å². The summed E-state index contributed by atoms with van der Waals surface area (Å²) in [6.45, 7) is 5.34. The van der Waals surface area contributed by atoms with E-state index in [4.69, 9.17) is 14.2 Å². The van der Waals surface area contributed by atoms with Gasteiger partial charge in [-0.15, -0.1) is 0 Å². The van der Waals surface area contributed by atoms with E-state index >= 15 is 0 Å². The van der Waals surface area contributed by atoms with Crippen molar-refractivity contribution in [2.75, 3.05) is 42.7 Å². The Morgan fingerprint density at radius 1 is 1.03 bits per heavy atom. The van der Waals surface area contributed by atoms with Gasteiger partial charge in [-0.05, 0) is 31.2 Å². The highest BCUT2D eigenvalue weighted by molar-refractivity contribution is 5.67. The maximum Gasteiger partial charge on any atom is 0.230 e. The Labute approximate surface area is 180 Å². The maximum absolute atomic E-state index is 14.0. The zero-order valence-corrected chi connectivity index (χ0v) is 17.2. The Bertz CT molecular complexity index is 1060. The lowest BCUT2D eigenvalue weighted by atomic mass is 10.2. The number of hydrogen-bond acceptors (Lipinski definition) is 7. The molecule has 3 heterocycles. The van der Waals surface area contributed by atoms with Crippen molar-refractivity contribution in [3.05, 3.63) is 60.7 Å². The second-order valence-electron chi connectivity index (χ2n) is 7.52. The molecule has 31 heavy (non-hydrogen) atoms. The first-order valence-electron chi connectivity index (χ1n) is 10.3. The first kappa shape index (κ1) is 19.6. The van der Waals surface area contributed by atoms with Crippen molar-refractivity contribution in [2.24, 2.45) is 0 Å². The van der Waals surface area contributed by atoms with Crippen LogP contribution in [0.15, 0.2) is 54.9 Å². The number of benzene rings is 2. The normalized spacial score (nSPS) is 18.3. The highest BCUT2D eigenvalue weighted by Crippen LogP contribution is 2.37. The van der Waals surface area contributed by atoms with Crippen LogP contribution >= 0.6 is 0 Å². The molecule has 0 amide bonds. The topological polar surface area (TPSA) is 60.0 Å². The molecule has 0 N–H and O–H groups in total. The largest absolute Gasteiger partial charge is 0.486 e. The lowest BCUT2D eigenvalue weighted by molar-refractivity contribution is 0.0989. The summed E-state index contributed by atoms with van der Waals surface area (Å²) in [5.74, 6) is 1.55. The molecule has 1 saturated heterocycles. The molecule has 3 aromatic rings. The molecule has 8 heteroatoms. The molecule has 2 aliphatic rings. The van der Waals surface area contributed by atoms with Crippen molar-refractivity contribution in [1.29, 1.82) is 0 Å². The molecule has 2 aliphatic heterocycles. The summed E-state index contributed by atoms with van der Waals surface area (Å²) in [5, 5.41) is 0. The third-order valence-electron chi connectivity index (χ3n) is 5.41. The fourth-order valence-corrected chi connectivity index (χ4v) is 3.89. The predicted octanol–water partition coefficient (Wildman–Crippen LogP) is 4.16. The first-order chi connectivity index (χ1) is 15.2. The standard InChI is InChI=1S/C23H23FN4O3/c1-16-15-29-10-8-27(16)17-4-2-5-18(12-17)31-19-13-25-23(26-14-19)28-9-11-30-22-20(24)6-3-7-21(22)28/h2-7,12-14,16H,8-11,15H2,1H3/t16-/m0/s1. The Kier molecular flexibility index (Phi) is 5.30. The van der Waals surface area contributed by atoms with Crippen molar-refractivity contribution in [1.82, 2.24) is 9.97 Å². The average molecular weight is 422 g/mol. The number of ether oxygens (including phenoxy) is 3. The summed E-state index contributed by atoms with van der Waals surface area (Å²) in [6, 6.07) is 13.1. The third-order valence-corrected chi connectivity index (χ3v) is 5.41. The molecule has 0 radical (unpaired) electrons.